The molecule has 2 aromatic rings. The molecule has 0 aliphatic carbocycles. The molecule has 0 spiro atoms. The maximum absolute atomic E-state index is 9.31. The fourth-order valence-corrected chi connectivity index (χ4v) is 3.75. The molecule has 2 aromatic carbocycles. The van der Waals surface area contributed by atoms with Gasteiger partial charge in [-0.3, -0.25) is 4.99 Å². The van der Waals surface area contributed by atoms with Crippen LogP contribution in [-0.2, 0) is 0 Å². The number of hydrogen-bond acceptors (Lipinski definition) is 3. The number of nitrogens with one attached hydrogen (secondary N) is 1. The van der Waals surface area contributed by atoms with Gasteiger partial charge in [-0.05, 0) is 37.6 Å². The van der Waals surface area contributed by atoms with Crippen molar-refractivity contribution < 1.29 is 0 Å². The maximum Gasteiger partial charge on any atom is 0.133 e. The highest BCUT2D eigenvalue weighted by Crippen LogP contribution is 2.34. The monoisotopic (exact) mass is 342 g/mol. The molecule has 130 valence electrons. The van der Waals surface area contributed by atoms with E-state index in [1.54, 1.807) is 6.08 Å². The van der Waals surface area contributed by atoms with Gasteiger partial charge < -0.3 is 10.2 Å². The van der Waals surface area contributed by atoms with Crippen LogP contribution in [0, 0.1) is 11.3 Å². The molecule has 4 heteroatoms. The topological polar surface area (TPSA) is 51.4 Å². The molecule has 1 saturated heterocycles. The van der Waals surface area contributed by atoms with Crippen LogP contribution in [0.5, 0.6) is 0 Å². The van der Waals surface area contributed by atoms with Crippen molar-refractivity contribution >= 4 is 17.1 Å². The highest BCUT2D eigenvalue weighted by atomic mass is 15.1. The van der Waals surface area contributed by atoms with Crippen LogP contribution in [0.3, 0.4) is 0 Å². The van der Waals surface area contributed by atoms with E-state index in [1.165, 1.54) is 25.9 Å². The zero-order valence-electron chi connectivity index (χ0n) is 14.8. The molecule has 0 atom stereocenters. The quantitative estimate of drug-likeness (QED) is 0.861. The van der Waals surface area contributed by atoms with Gasteiger partial charge in [0.2, 0.25) is 0 Å². The molecule has 0 radical (unpaired) electrons. The lowest BCUT2D eigenvalue weighted by Crippen LogP contribution is -2.24. The second-order valence-electron chi connectivity index (χ2n) is 6.68. The van der Waals surface area contributed by atoms with Gasteiger partial charge in [0.25, 0.3) is 0 Å². The largest absolute Gasteiger partial charge is 0.340 e. The fraction of sp³-hybridized carbons (Fsp3) is 0.273. The lowest BCUT2D eigenvalue weighted by Gasteiger charge is -2.14. The number of fused-ring (bicyclic) bond motifs is 2. The molecule has 0 saturated carbocycles. The van der Waals surface area contributed by atoms with Crippen LogP contribution in [0.2, 0.25) is 0 Å². The first-order chi connectivity index (χ1) is 12.9. The Kier molecular flexibility index (Phi) is 4.81. The lowest BCUT2D eigenvalue weighted by atomic mass is 9.94. The molecule has 4 nitrogen and oxygen atoms in total. The summed E-state index contributed by atoms with van der Waals surface area (Å²) >= 11 is 0. The summed E-state index contributed by atoms with van der Waals surface area (Å²) in [6.07, 6.45) is 4.23. The Morgan fingerprint density at radius 2 is 1.69 bits per heavy atom. The third kappa shape index (κ3) is 3.26. The van der Waals surface area contributed by atoms with E-state index in [9.17, 15) is 5.26 Å². The molecule has 1 N–H and O–H groups in total. The summed E-state index contributed by atoms with van der Waals surface area (Å²) in [6.45, 7) is 4.14. The van der Waals surface area contributed by atoms with Crippen molar-refractivity contribution in [2.75, 3.05) is 31.5 Å². The lowest BCUT2D eigenvalue weighted by molar-refractivity contribution is 0.349. The third-order valence-corrected chi connectivity index (χ3v) is 5.04. The van der Waals surface area contributed by atoms with E-state index < -0.39 is 0 Å². The molecule has 2 aliphatic heterocycles. The Hall–Kier alpha value is -2.90. The molecule has 1 fully saturated rings. The molecule has 0 aromatic heterocycles. The highest BCUT2D eigenvalue weighted by Gasteiger charge is 2.21. The van der Waals surface area contributed by atoms with Crippen LogP contribution >= 0.6 is 0 Å². The van der Waals surface area contributed by atoms with E-state index in [-0.39, 0.29) is 0 Å². The average molecular weight is 342 g/mol. The molecule has 0 unspecified atom stereocenters. The minimum atomic E-state index is 0.774. The smallest absolute Gasteiger partial charge is 0.133 e. The van der Waals surface area contributed by atoms with Gasteiger partial charge in [-0.1, -0.05) is 42.5 Å². The van der Waals surface area contributed by atoms with Gasteiger partial charge in [0, 0.05) is 35.0 Å². The number of likely N-dealkylation sites (tertiary alicyclic amines) is 1. The van der Waals surface area contributed by atoms with Crippen molar-refractivity contribution in [2.24, 2.45) is 4.99 Å². The van der Waals surface area contributed by atoms with E-state index in [0.717, 1.165) is 46.9 Å². The van der Waals surface area contributed by atoms with Crippen LogP contribution in [-0.4, -0.2) is 36.9 Å². The van der Waals surface area contributed by atoms with Crippen LogP contribution in [0.1, 0.15) is 29.5 Å². The van der Waals surface area contributed by atoms with Crippen LogP contribution in [0.15, 0.2) is 59.6 Å². The summed E-state index contributed by atoms with van der Waals surface area (Å²) in [4.78, 5) is 7.37. The van der Waals surface area contributed by atoms with Gasteiger partial charge in [-0.15, -0.1) is 0 Å². The van der Waals surface area contributed by atoms with Crippen LogP contribution in [0.25, 0.3) is 5.57 Å². The number of benzene rings is 2. The number of nitrogens with zero attached hydrogens (tertiary/aromatic N) is 3. The van der Waals surface area contributed by atoms with Gasteiger partial charge in [0.15, 0.2) is 0 Å². The summed E-state index contributed by atoms with van der Waals surface area (Å²) in [6, 6.07) is 18.5. The first-order valence-electron chi connectivity index (χ1n) is 9.19. The number of anilines is 1. The molecular weight excluding hydrogens is 320 g/mol. The minimum absolute atomic E-state index is 0.774. The van der Waals surface area contributed by atoms with Crippen LogP contribution < -0.4 is 5.32 Å². The SMILES string of the molecule is N#C/C=C1/c2ccccc2NC(=NCCN2CCCC2)c2ccccc21. The number of aliphatic imine (C=N–C) groups is 1. The van der Waals surface area contributed by atoms with E-state index in [1.807, 2.05) is 30.3 Å². The zero-order chi connectivity index (χ0) is 17.8. The molecule has 0 amide bonds. The van der Waals surface area contributed by atoms with E-state index >= 15 is 0 Å². The number of rotatable bonds is 3. The summed E-state index contributed by atoms with van der Waals surface area (Å²) < 4.78 is 0. The molecule has 0 bridgehead atoms. The Balaban J connectivity index is 1.74. The minimum Gasteiger partial charge on any atom is -0.340 e. The van der Waals surface area contributed by atoms with E-state index in [2.05, 4.69) is 34.5 Å². The van der Waals surface area contributed by atoms with E-state index in [0.29, 0.717) is 0 Å². The zero-order valence-corrected chi connectivity index (χ0v) is 14.8. The van der Waals surface area contributed by atoms with Crippen molar-refractivity contribution in [1.82, 2.24) is 4.90 Å². The second-order valence-corrected chi connectivity index (χ2v) is 6.68. The predicted molar refractivity (Wildman–Crippen MR) is 106 cm³/mol. The van der Waals surface area contributed by atoms with Crippen molar-refractivity contribution in [1.29, 1.82) is 5.26 Å². The number of nitriles is 1. The number of amidine groups is 1. The Morgan fingerprint density at radius 1 is 1.00 bits per heavy atom. The van der Waals surface area contributed by atoms with E-state index in [4.69, 9.17) is 4.99 Å². The normalized spacial score (nSPS) is 19.5. The first-order valence-corrected chi connectivity index (χ1v) is 9.19. The molecule has 4 rings (SSSR count). The maximum atomic E-state index is 9.31. The molecule has 2 aliphatic rings. The van der Waals surface area contributed by atoms with Crippen molar-refractivity contribution in [2.45, 2.75) is 12.8 Å². The summed E-state index contributed by atoms with van der Waals surface area (Å²) in [7, 11) is 0. The van der Waals surface area contributed by atoms with Crippen molar-refractivity contribution in [3.8, 4) is 6.07 Å². The molecule has 26 heavy (non-hydrogen) atoms. The molecule has 2 heterocycles. The van der Waals surface area contributed by atoms with Crippen LogP contribution in [0.4, 0.5) is 5.69 Å². The van der Waals surface area contributed by atoms with Gasteiger partial charge in [-0.25, -0.2) is 0 Å². The Labute approximate surface area is 154 Å². The second kappa shape index (κ2) is 7.55. The molecular formula is C22H22N4. The van der Waals surface area contributed by atoms with Gasteiger partial charge in [-0.2, -0.15) is 5.26 Å². The summed E-state index contributed by atoms with van der Waals surface area (Å²) in [5.74, 6) is 0.883. The number of hydrogen-bond donors (Lipinski definition) is 1. The third-order valence-electron chi connectivity index (χ3n) is 5.04. The number of allylic oxidation sites excluding steroid dienone is 1. The predicted octanol–water partition coefficient (Wildman–Crippen LogP) is 3.91. The standard InChI is InChI=1S/C22H22N4/c23-12-11-18-17-7-1-2-9-20(17)22(24-13-16-26-14-5-6-15-26)25-21-10-4-3-8-19(18)21/h1-4,7-11H,5-6,13-16H2,(H,24,25)/b18-11+. The van der Waals surface area contributed by atoms with Gasteiger partial charge in [0.05, 0.1) is 12.6 Å². The van der Waals surface area contributed by atoms with Crippen molar-refractivity contribution in [3.05, 3.63) is 71.3 Å². The summed E-state index contributed by atoms with van der Waals surface area (Å²) in [5, 5.41) is 12.8. The average Bonchev–Trinajstić information content (AvgIpc) is 3.15. The van der Waals surface area contributed by atoms with Gasteiger partial charge >= 0.3 is 0 Å². The number of para-hydroxylation sites is 1. The highest BCUT2D eigenvalue weighted by molar-refractivity contribution is 6.15. The first kappa shape index (κ1) is 16.6. The summed E-state index contributed by atoms with van der Waals surface area (Å²) in [5.41, 5.74) is 5.06. The van der Waals surface area contributed by atoms with Crippen molar-refractivity contribution in [3.63, 3.8) is 0 Å². The van der Waals surface area contributed by atoms with Gasteiger partial charge in [0.1, 0.15) is 5.84 Å². The Morgan fingerprint density at radius 3 is 2.46 bits per heavy atom. The Bertz CT molecular complexity index is 898. The fourth-order valence-electron chi connectivity index (χ4n) is 3.75.